The summed E-state index contributed by atoms with van der Waals surface area (Å²) in [6.07, 6.45) is 0.541. The first-order chi connectivity index (χ1) is 11.5. The number of benzene rings is 1. The van der Waals surface area contributed by atoms with Crippen molar-refractivity contribution in [3.8, 4) is 0 Å². The lowest BCUT2D eigenvalue weighted by Gasteiger charge is -2.25. The van der Waals surface area contributed by atoms with Gasteiger partial charge < -0.3 is 9.26 Å². The molecule has 2 atom stereocenters. The molecule has 2 aliphatic heterocycles. The van der Waals surface area contributed by atoms with Gasteiger partial charge in [0.15, 0.2) is 5.82 Å². The Hall–Kier alpha value is -1.77. The van der Waals surface area contributed by atoms with Crippen LogP contribution in [0.5, 0.6) is 0 Å². The van der Waals surface area contributed by atoms with E-state index in [0.29, 0.717) is 49.3 Å². The van der Waals surface area contributed by atoms with Crippen LogP contribution in [0.15, 0.2) is 39.8 Å². The monoisotopic (exact) mass is 349 g/mol. The minimum Gasteiger partial charge on any atom is -0.380 e. The van der Waals surface area contributed by atoms with Crippen molar-refractivity contribution in [3.05, 3.63) is 42.0 Å². The highest BCUT2D eigenvalue weighted by Gasteiger charge is 2.54. The van der Waals surface area contributed by atoms with Gasteiger partial charge in [0, 0.05) is 30.8 Å². The van der Waals surface area contributed by atoms with Crippen molar-refractivity contribution in [1.29, 1.82) is 0 Å². The fourth-order valence-electron chi connectivity index (χ4n) is 3.67. The van der Waals surface area contributed by atoms with Gasteiger partial charge in [0.2, 0.25) is 15.9 Å². The molecule has 0 saturated carbocycles. The lowest BCUT2D eigenvalue weighted by Crippen LogP contribution is -2.35. The van der Waals surface area contributed by atoms with Gasteiger partial charge in [-0.2, -0.15) is 9.29 Å². The predicted molar refractivity (Wildman–Crippen MR) is 84.7 cm³/mol. The molecule has 1 aromatic carbocycles. The van der Waals surface area contributed by atoms with Crippen LogP contribution < -0.4 is 0 Å². The molecule has 0 bridgehead atoms. The maximum absolute atomic E-state index is 12.9. The Bertz CT molecular complexity index is 836. The Morgan fingerprint density at radius 2 is 2.12 bits per heavy atom. The van der Waals surface area contributed by atoms with E-state index in [1.54, 1.807) is 35.5 Å². The van der Waals surface area contributed by atoms with Gasteiger partial charge in [0.1, 0.15) is 0 Å². The average molecular weight is 349 g/mol. The van der Waals surface area contributed by atoms with Crippen LogP contribution >= 0.6 is 0 Å². The third-order valence-electron chi connectivity index (χ3n) is 4.94. The molecule has 0 aliphatic carbocycles. The quantitative estimate of drug-likeness (QED) is 0.826. The van der Waals surface area contributed by atoms with Gasteiger partial charge in [-0.25, -0.2) is 8.42 Å². The van der Waals surface area contributed by atoms with Crippen molar-refractivity contribution in [2.75, 3.05) is 26.3 Å². The van der Waals surface area contributed by atoms with Gasteiger partial charge in [-0.3, -0.25) is 0 Å². The smallest absolute Gasteiger partial charge is 0.243 e. The molecule has 0 amide bonds. The first-order valence-corrected chi connectivity index (χ1v) is 9.36. The molecule has 0 unspecified atom stereocenters. The highest BCUT2D eigenvalue weighted by molar-refractivity contribution is 7.89. The van der Waals surface area contributed by atoms with E-state index in [4.69, 9.17) is 9.26 Å². The molecule has 7 nitrogen and oxygen atoms in total. The largest absolute Gasteiger partial charge is 0.380 e. The van der Waals surface area contributed by atoms with E-state index in [1.807, 2.05) is 6.07 Å². The van der Waals surface area contributed by atoms with Crippen LogP contribution in [0.1, 0.15) is 11.7 Å². The lowest BCUT2D eigenvalue weighted by molar-refractivity contribution is 0.137. The van der Waals surface area contributed by atoms with E-state index < -0.39 is 10.0 Å². The molecule has 2 aromatic rings. The molecule has 3 heterocycles. The number of ether oxygens (including phenoxy) is 1. The molecule has 128 valence electrons. The first kappa shape index (κ1) is 15.7. The minimum atomic E-state index is -3.49. The van der Waals surface area contributed by atoms with Crippen molar-refractivity contribution >= 4 is 10.0 Å². The first-order valence-electron chi connectivity index (χ1n) is 7.92. The summed E-state index contributed by atoms with van der Waals surface area (Å²) in [5, 5.41) is 3.83. The fraction of sp³-hybridized carbons (Fsp3) is 0.500. The molecular weight excluding hydrogens is 330 g/mol. The van der Waals surface area contributed by atoms with Crippen LogP contribution in [-0.2, 0) is 21.2 Å². The zero-order valence-electron chi connectivity index (χ0n) is 13.4. The molecule has 2 fully saturated rings. The Balaban J connectivity index is 1.61. The van der Waals surface area contributed by atoms with Gasteiger partial charge in [-0.15, -0.1) is 0 Å². The molecular formula is C16H19N3O4S. The number of rotatable bonds is 4. The zero-order valence-corrected chi connectivity index (χ0v) is 14.2. The highest BCUT2D eigenvalue weighted by Crippen LogP contribution is 2.45. The van der Waals surface area contributed by atoms with Crippen LogP contribution in [0, 0.1) is 18.3 Å². The summed E-state index contributed by atoms with van der Waals surface area (Å²) in [4.78, 5) is 4.60. The fourth-order valence-corrected chi connectivity index (χ4v) is 5.27. The molecule has 24 heavy (non-hydrogen) atoms. The van der Waals surface area contributed by atoms with Crippen molar-refractivity contribution in [2.24, 2.45) is 11.3 Å². The van der Waals surface area contributed by atoms with Crippen LogP contribution in [-0.4, -0.2) is 49.2 Å². The van der Waals surface area contributed by atoms with Gasteiger partial charge >= 0.3 is 0 Å². The van der Waals surface area contributed by atoms with Crippen LogP contribution in [0.3, 0.4) is 0 Å². The second-order valence-corrected chi connectivity index (χ2v) is 8.54. The molecule has 0 N–H and O–H groups in total. The summed E-state index contributed by atoms with van der Waals surface area (Å²) in [6, 6.07) is 8.56. The third-order valence-corrected chi connectivity index (χ3v) is 6.77. The number of sulfonamides is 1. The van der Waals surface area contributed by atoms with Gasteiger partial charge in [-0.1, -0.05) is 23.4 Å². The van der Waals surface area contributed by atoms with E-state index in [1.165, 1.54) is 0 Å². The SMILES string of the molecule is Cc1noc(C[C@@]23COC[C@@H]2CN(S(=O)(=O)c2ccccc2)C3)n1. The Kier molecular flexibility index (Phi) is 3.70. The summed E-state index contributed by atoms with van der Waals surface area (Å²) in [7, 11) is -3.49. The van der Waals surface area contributed by atoms with E-state index in [0.717, 1.165) is 0 Å². The summed E-state index contributed by atoms with van der Waals surface area (Å²) in [5.74, 6) is 1.27. The van der Waals surface area contributed by atoms with Gasteiger partial charge in [0.25, 0.3) is 0 Å². The summed E-state index contributed by atoms with van der Waals surface area (Å²) in [6.45, 7) is 3.72. The van der Waals surface area contributed by atoms with Crippen LogP contribution in [0.2, 0.25) is 0 Å². The lowest BCUT2D eigenvalue weighted by atomic mass is 9.78. The van der Waals surface area contributed by atoms with Crippen molar-refractivity contribution < 1.29 is 17.7 Å². The van der Waals surface area contributed by atoms with E-state index >= 15 is 0 Å². The predicted octanol–water partition coefficient (Wildman–Crippen LogP) is 1.26. The van der Waals surface area contributed by atoms with Crippen LogP contribution in [0.4, 0.5) is 0 Å². The van der Waals surface area contributed by atoms with E-state index in [-0.39, 0.29) is 11.3 Å². The Morgan fingerprint density at radius 1 is 1.33 bits per heavy atom. The molecule has 8 heteroatoms. The normalized spacial score (nSPS) is 27.5. The van der Waals surface area contributed by atoms with Crippen molar-refractivity contribution in [3.63, 3.8) is 0 Å². The van der Waals surface area contributed by atoms with Gasteiger partial charge in [-0.05, 0) is 19.1 Å². The maximum atomic E-state index is 12.9. The molecule has 1 aromatic heterocycles. The molecule has 2 aliphatic rings. The van der Waals surface area contributed by atoms with Crippen molar-refractivity contribution in [1.82, 2.24) is 14.4 Å². The Morgan fingerprint density at radius 3 is 2.83 bits per heavy atom. The summed E-state index contributed by atoms with van der Waals surface area (Å²) < 4.78 is 38.3. The van der Waals surface area contributed by atoms with E-state index in [2.05, 4.69) is 10.1 Å². The number of hydrogen-bond acceptors (Lipinski definition) is 6. The second-order valence-electron chi connectivity index (χ2n) is 6.60. The Labute approximate surface area is 140 Å². The van der Waals surface area contributed by atoms with Crippen molar-refractivity contribution in [2.45, 2.75) is 18.2 Å². The number of aryl methyl sites for hydroxylation is 1. The summed E-state index contributed by atoms with van der Waals surface area (Å²) >= 11 is 0. The highest BCUT2D eigenvalue weighted by atomic mass is 32.2. The number of fused-ring (bicyclic) bond motifs is 1. The molecule has 0 radical (unpaired) electrons. The number of nitrogens with zero attached hydrogens (tertiary/aromatic N) is 3. The topological polar surface area (TPSA) is 85.5 Å². The van der Waals surface area contributed by atoms with E-state index in [9.17, 15) is 8.42 Å². The number of aromatic nitrogens is 2. The zero-order chi connectivity index (χ0) is 16.8. The van der Waals surface area contributed by atoms with Gasteiger partial charge in [0.05, 0.1) is 18.1 Å². The summed E-state index contributed by atoms with van der Waals surface area (Å²) in [5.41, 5.74) is -0.291. The maximum Gasteiger partial charge on any atom is 0.243 e. The second kappa shape index (κ2) is 5.65. The molecule has 0 spiro atoms. The standard InChI is InChI=1S/C16H19N3O4S/c1-12-17-15(23-18-12)7-16-10-19(8-13(16)9-22-11-16)24(20,21)14-5-3-2-4-6-14/h2-6,13H,7-11H2,1H3/t13-,16+/m0/s1. The third kappa shape index (κ3) is 2.54. The minimum absolute atomic E-state index is 0.142. The molecule has 2 saturated heterocycles. The van der Waals surface area contributed by atoms with Crippen LogP contribution in [0.25, 0.3) is 0 Å². The average Bonchev–Trinajstić information content (AvgIpc) is 3.22. The number of hydrogen-bond donors (Lipinski definition) is 0. The molecule has 4 rings (SSSR count).